The topological polar surface area (TPSA) is 38.9 Å². The van der Waals surface area contributed by atoms with Crippen molar-refractivity contribution in [1.29, 1.82) is 0 Å². The van der Waals surface area contributed by atoms with Gasteiger partial charge in [0.2, 0.25) is 0 Å². The SMILES string of the molecule is Cc1cccc(C(N)Cc2ccncc2Cl)c1Br. The molecule has 0 bridgehead atoms. The first-order valence-corrected chi connectivity index (χ1v) is 6.85. The molecule has 2 N–H and O–H groups in total. The van der Waals surface area contributed by atoms with Gasteiger partial charge < -0.3 is 5.73 Å². The van der Waals surface area contributed by atoms with Gasteiger partial charge in [-0.1, -0.05) is 45.7 Å². The lowest BCUT2D eigenvalue weighted by atomic mass is 9.99. The number of nitrogens with two attached hydrogens (primary N) is 1. The molecule has 0 saturated heterocycles. The van der Waals surface area contributed by atoms with E-state index in [2.05, 4.69) is 33.9 Å². The maximum absolute atomic E-state index is 6.26. The molecule has 1 aromatic carbocycles. The first-order valence-electron chi connectivity index (χ1n) is 5.68. The van der Waals surface area contributed by atoms with Crippen LogP contribution in [0, 0.1) is 6.92 Å². The molecular weight excluding hydrogens is 312 g/mol. The lowest BCUT2D eigenvalue weighted by Gasteiger charge is -2.16. The third-order valence-corrected chi connectivity index (χ3v) is 4.34. The number of benzene rings is 1. The number of aryl methyl sites for hydroxylation is 1. The second kappa shape index (κ2) is 5.83. The fraction of sp³-hybridized carbons (Fsp3) is 0.214. The van der Waals surface area contributed by atoms with Crippen LogP contribution in [0.3, 0.4) is 0 Å². The van der Waals surface area contributed by atoms with E-state index in [-0.39, 0.29) is 6.04 Å². The van der Waals surface area contributed by atoms with Crippen LogP contribution in [0.1, 0.15) is 22.7 Å². The Morgan fingerprint density at radius 2 is 2.17 bits per heavy atom. The van der Waals surface area contributed by atoms with Gasteiger partial charge in [-0.05, 0) is 36.1 Å². The lowest BCUT2D eigenvalue weighted by Crippen LogP contribution is -2.14. The molecule has 0 spiro atoms. The Morgan fingerprint density at radius 3 is 2.89 bits per heavy atom. The first kappa shape index (κ1) is 13.5. The number of nitrogens with zero attached hydrogens (tertiary/aromatic N) is 1. The molecular formula is C14H14BrClN2. The number of rotatable bonds is 3. The summed E-state index contributed by atoms with van der Waals surface area (Å²) >= 11 is 9.68. The Bertz CT molecular complexity index is 557. The predicted octanol–water partition coefficient (Wildman–Crippen LogP) is 4.05. The molecule has 1 unspecified atom stereocenters. The summed E-state index contributed by atoms with van der Waals surface area (Å²) in [6.45, 7) is 2.06. The minimum absolute atomic E-state index is 0.0841. The Hall–Kier alpha value is -0.900. The number of hydrogen-bond donors (Lipinski definition) is 1. The molecule has 2 nitrogen and oxygen atoms in total. The summed E-state index contributed by atoms with van der Waals surface area (Å²) in [5, 5.41) is 0.664. The van der Waals surface area contributed by atoms with Crippen LogP contribution in [-0.4, -0.2) is 4.98 Å². The van der Waals surface area contributed by atoms with Crippen molar-refractivity contribution in [2.45, 2.75) is 19.4 Å². The number of aromatic nitrogens is 1. The van der Waals surface area contributed by atoms with Crippen LogP contribution in [0.5, 0.6) is 0 Å². The Balaban J connectivity index is 2.25. The van der Waals surface area contributed by atoms with E-state index in [1.807, 2.05) is 18.2 Å². The molecule has 0 fully saturated rings. The highest BCUT2D eigenvalue weighted by molar-refractivity contribution is 9.10. The van der Waals surface area contributed by atoms with E-state index in [0.29, 0.717) is 11.4 Å². The second-order valence-electron chi connectivity index (χ2n) is 4.26. The number of halogens is 2. The maximum Gasteiger partial charge on any atom is 0.0622 e. The third kappa shape index (κ3) is 2.91. The normalized spacial score (nSPS) is 12.4. The second-order valence-corrected chi connectivity index (χ2v) is 5.46. The van der Waals surface area contributed by atoms with Crippen molar-refractivity contribution in [3.8, 4) is 0 Å². The molecule has 1 aromatic heterocycles. The van der Waals surface area contributed by atoms with Gasteiger partial charge >= 0.3 is 0 Å². The van der Waals surface area contributed by atoms with Crippen molar-refractivity contribution in [1.82, 2.24) is 4.98 Å². The highest BCUT2D eigenvalue weighted by Crippen LogP contribution is 2.28. The minimum atomic E-state index is -0.0841. The highest BCUT2D eigenvalue weighted by atomic mass is 79.9. The van der Waals surface area contributed by atoms with E-state index >= 15 is 0 Å². The molecule has 0 radical (unpaired) electrons. The zero-order chi connectivity index (χ0) is 13.1. The van der Waals surface area contributed by atoms with Crippen molar-refractivity contribution < 1.29 is 0 Å². The Morgan fingerprint density at radius 1 is 1.39 bits per heavy atom. The predicted molar refractivity (Wildman–Crippen MR) is 78.8 cm³/mol. The van der Waals surface area contributed by atoms with Crippen LogP contribution in [0.2, 0.25) is 5.02 Å². The molecule has 2 aromatic rings. The van der Waals surface area contributed by atoms with Crippen molar-refractivity contribution >= 4 is 27.5 Å². The largest absolute Gasteiger partial charge is 0.324 e. The van der Waals surface area contributed by atoms with Crippen LogP contribution < -0.4 is 5.73 Å². The van der Waals surface area contributed by atoms with Gasteiger partial charge in [0.15, 0.2) is 0 Å². The summed E-state index contributed by atoms with van der Waals surface area (Å²) in [7, 11) is 0. The Kier molecular flexibility index (Phi) is 4.38. The summed E-state index contributed by atoms with van der Waals surface area (Å²) < 4.78 is 1.07. The van der Waals surface area contributed by atoms with Gasteiger partial charge in [-0.25, -0.2) is 0 Å². The van der Waals surface area contributed by atoms with Gasteiger partial charge in [-0.15, -0.1) is 0 Å². The highest BCUT2D eigenvalue weighted by Gasteiger charge is 2.13. The summed E-state index contributed by atoms with van der Waals surface area (Å²) in [6, 6.07) is 7.94. The summed E-state index contributed by atoms with van der Waals surface area (Å²) in [6.07, 6.45) is 4.08. The third-order valence-electron chi connectivity index (χ3n) is 2.92. The van der Waals surface area contributed by atoms with E-state index in [1.165, 1.54) is 5.56 Å². The fourth-order valence-electron chi connectivity index (χ4n) is 1.87. The molecule has 0 aliphatic rings. The molecule has 18 heavy (non-hydrogen) atoms. The first-order chi connectivity index (χ1) is 8.59. The monoisotopic (exact) mass is 324 g/mol. The van der Waals surface area contributed by atoms with Crippen LogP contribution in [-0.2, 0) is 6.42 Å². The summed E-state index contributed by atoms with van der Waals surface area (Å²) in [4.78, 5) is 3.97. The van der Waals surface area contributed by atoms with Crippen molar-refractivity contribution in [3.05, 3.63) is 62.8 Å². The zero-order valence-electron chi connectivity index (χ0n) is 10.0. The maximum atomic E-state index is 6.26. The van der Waals surface area contributed by atoms with Crippen LogP contribution in [0.25, 0.3) is 0 Å². The van der Waals surface area contributed by atoms with E-state index in [4.69, 9.17) is 17.3 Å². The van der Waals surface area contributed by atoms with E-state index in [1.54, 1.807) is 12.4 Å². The van der Waals surface area contributed by atoms with Crippen LogP contribution in [0.4, 0.5) is 0 Å². The van der Waals surface area contributed by atoms with Gasteiger partial charge in [0, 0.05) is 22.9 Å². The van der Waals surface area contributed by atoms with Gasteiger partial charge in [0.05, 0.1) is 5.02 Å². The van der Waals surface area contributed by atoms with Crippen molar-refractivity contribution in [3.63, 3.8) is 0 Å². The molecule has 2 rings (SSSR count). The van der Waals surface area contributed by atoms with Gasteiger partial charge in [-0.3, -0.25) is 4.98 Å². The number of hydrogen-bond acceptors (Lipinski definition) is 2. The summed E-state index contributed by atoms with van der Waals surface area (Å²) in [5.74, 6) is 0. The quantitative estimate of drug-likeness (QED) is 0.924. The summed E-state index contributed by atoms with van der Waals surface area (Å²) in [5.41, 5.74) is 9.56. The van der Waals surface area contributed by atoms with Gasteiger partial charge in [0.25, 0.3) is 0 Å². The average Bonchev–Trinajstić information content (AvgIpc) is 2.35. The van der Waals surface area contributed by atoms with Crippen LogP contribution in [0.15, 0.2) is 41.1 Å². The minimum Gasteiger partial charge on any atom is -0.324 e. The van der Waals surface area contributed by atoms with Gasteiger partial charge in [-0.2, -0.15) is 0 Å². The Labute approximate surface area is 120 Å². The smallest absolute Gasteiger partial charge is 0.0622 e. The molecule has 0 aliphatic heterocycles. The number of pyridine rings is 1. The molecule has 0 saturated carbocycles. The average molecular weight is 326 g/mol. The van der Waals surface area contributed by atoms with Crippen molar-refractivity contribution in [2.75, 3.05) is 0 Å². The molecule has 0 aliphatic carbocycles. The van der Waals surface area contributed by atoms with E-state index in [0.717, 1.165) is 15.6 Å². The lowest BCUT2D eigenvalue weighted by molar-refractivity contribution is 0.717. The van der Waals surface area contributed by atoms with Gasteiger partial charge in [0.1, 0.15) is 0 Å². The zero-order valence-corrected chi connectivity index (χ0v) is 12.4. The fourth-order valence-corrected chi connectivity index (χ4v) is 2.63. The van der Waals surface area contributed by atoms with Crippen molar-refractivity contribution in [2.24, 2.45) is 5.73 Å². The van der Waals surface area contributed by atoms with E-state index in [9.17, 15) is 0 Å². The molecule has 1 atom stereocenters. The van der Waals surface area contributed by atoms with Crippen LogP contribution >= 0.6 is 27.5 Å². The molecule has 94 valence electrons. The standard InChI is InChI=1S/C14H14BrClN2/c1-9-3-2-4-11(14(9)15)13(17)7-10-5-6-18-8-12(10)16/h2-6,8,13H,7,17H2,1H3. The molecule has 4 heteroatoms. The molecule has 0 amide bonds. The van der Waals surface area contributed by atoms with E-state index < -0.39 is 0 Å². The molecule has 1 heterocycles.